The molecule has 7 nitrogen and oxygen atoms in total. The van der Waals surface area contributed by atoms with Gasteiger partial charge in [-0.05, 0) is 55.2 Å². The van der Waals surface area contributed by atoms with Crippen LogP contribution in [0.3, 0.4) is 0 Å². The Morgan fingerprint density at radius 2 is 1.71 bits per heavy atom. The zero-order valence-electron chi connectivity index (χ0n) is 17.4. The second kappa shape index (κ2) is 9.93. The van der Waals surface area contributed by atoms with Crippen LogP contribution < -0.4 is 10.6 Å². The molecule has 0 aliphatic carbocycles. The monoisotopic (exact) mass is 417 g/mol. The highest BCUT2D eigenvalue weighted by Gasteiger charge is 2.27. The number of urea groups is 1. The Morgan fingerprint density at radius 1 is 0.968 bits per heavy atom. The Kier molecular flexibility index (Phi) is 6.62. The van der Waals surface area contributed by atoms with Gasteiger partial charge >= 0.3 is 6.03 Å². The van der Waals surface area contributed by atoms with Gasteiger partial charge in [0.1, 0.15) is 0 Å². The van der Waals surface area contributed by atoms with Crippen LogP contribution in [-0.4, -0.2) is 46.3 Å². The first kappa shape index (κ1) is 20.7. The van der Waals surface area contributed by atoms with Gasteiger partial charge in [0.05, 0.1) is 5.69 Å². The van der Waals surface area contributed by atoms with Gasteiger partial charge in [-0.1, -0.05) is 30.3 Å². The van der Waals surface area contributed by atoms with Crippen LogP contribution in [0.15, 0.2) is 73.1 Å². The molecule has 0 radical (unpaired) electrons. The van der Waals surface area contributed by atoms with Crippen molar-refractivity contribution in [1.29, 1.82) is 0 Å². The number of hydrogen-bond donors (Lipinski definition) is 2. The van der Waals surface area contributed by atoms with Crippen molar-refractivity contribution in [1.82, 2.24) is 20.0 Å². The van der Waals surface area contributed by atoms with Gasteiger partial charge < -0.3 is 15.5 Å². The lowest BCUT2D eigenvalue weighted by Crippen LogP contribution is -2.44. The number of aromatic nitrogens is 2. The number of hydrogen-bond acceptors (Lipinski definition) is 3. The fourth-order valence-corrected chi connectivity index (χ4v) is 3.78. The van der Waals surface area contributed by atoms with E-state index in [-0.39, 0.29) is 17.9 Å². The molecule has 0 atom stereocenters. The summed E-state index contributed by atoms with van der Waals surface area (Å²) in [6.45, 7) is 1.78. The minimum Gasteiger partial charge on any atom is -0.356 e. The highest BCUT2D eigenvalue weighted by molar-refractivity contribution is 5.89. The highest BCUT2D eigenvalue weighted by Crippen LogP contribution is 2.18. The molecule has 7 heteroatoms. The number of nitrogens with one attached hydrogen (secondary N) is 2. The van der Waals surface area contributed by atoms with Gasteiger partial charge in [-0.15, -0.1) is 0 Å². The molecule has 2 aromatic carbocycles. The quantitative estimate of drug-likeness (QED) is 0.645. The van der Waals surface area contributed by atoms with Crippen LogP contribution in [0.2, 0.25) is 0 Å². The van der Waals surface area contributed by atoms with Crippen molar-refractivity contribution in [3.05, 3.63) is 78.6 Å². The summed E-state index contributed by atoms with van der Waals surface area (Å²) < 4.78 is 1.82. The van der Waals surface area contributed by atoms with E-state index in [9.17, 15) is 9.59 Å². The molecule has 1 fully saturated rings. The van der Waals surface area contributed by atoms with E-state index in [2.05, 4.69) is 27.9 Å². The third kappa shape index (κ3) is 5.51. The van der Waals surface area contributed by atoms with E-state index in [0.29, 0.717) is 32.5 Å². The maximum atomic E-state index is 12.5. The number of amides is 3. The molecule has 1 saturated heterocycles. The van der Waals surface area contributed by atoms with Crippen LogP contribution in [0.1, 0.15) is 18.4 Å². The minimum absolute atomic E-state index is 0.0389. The van der Waals surface area contributed by atoms with Crippen LogP contribution in [0.25, 0.3) is 5.69 Å². The topological polar surface area (TPSA) is 79.3 Å². The number of rotatable bonds is 6. The van der Waals surface area contributed by atoms with Gasteiger partial charge in [-0.3, -0.25) is 4.79 Å². The minimum atomic E-state index is -0.108. The summed E-state index contributed by atoms with van der Waals surface area (Å²) in [4.78, 5) is 26.7. The maximum absolute atomic E-state index is 12.5. The summed E-state index contributed by atoms with van der Waals surface area (Å²) in [5.74, 6) is 0.0410. The number of anilines is 1. The fourth-order valence-electron chi connectivity index (χ4n) is 3.78. The molecule has 4 rings (SSSR count). The van der Waals surface area contributed by atoms with Crippen molar-refractivity contribution in [2.45, 2.75) is 19.3 Å². The summed E-state index contributed by atoms with van der Waals surface area (Å²) in [7, 11) is 0. The number of carbonyl (C=O) groups excluding carboxylic acids is 2. The van der Waals surface area contributed by atoms with Crippen LogP contribution >= 0.6 is 0 Å². The Hall–Kier alpha value is -3.61. The number of piperidine rings is 1. The Balaban J connectivity index is 1.17. The molecule has 0 unspecified atom stereocenters. The molecule has 0 bridgehead atoms. The van der Waals surface area contributed by atoms with Crippen molar-refractivity contribution in [3.8, 4) is 5.69 Å². The van der Waals surface area contributed by atoms with E-state index in [4.69, 9.17) is 0 Å². The van der Waals surface area contributed by atoms with E-state index in [0.717, 1.165) is 17.8 Å². The molecule has 1 aliphatic rings. The van der Waals surface area contributed by atoms with Gasteiger partial charge in [-0.25, -0.2) is 9.48 Å². The molecule has 3 aromatic rings. The Labute approximate surface area is 182 Å². The molecule has 1 aromatic heterocycles. The zero-order valence-corrected chi connectivity index (χ0v) is 17.4. The van der Waals surface area contributed by atoms with Crippen molar-refractivity contribution >= 4 is 17.6 Å². The van der Waals surface area contributed by atoms with Gasteiger partial charge in [0.25, 0.3) is 0 Å². The average Bonchev–Trinajstić information content (AvgIpc) is 3.35. The van der Waals surface area contributed by atoms with E-state index in [1.165, 1.54) is 5.56 Å². The van der Waals surface area contributed by atoms with E-state index in [1.54, 1.807) is 11.1 Å². The molecule has 1 aliphatic heterocycles. The zero-order chi connectivity index (χ0) is 21.5. The second-order valence-electron chi connectivity index (χ2n) is 7.72. The smallest absolute Gasteiger partial charge is 0.321 e. The summed E-state index contributed by atoms with van der Waals surface area (Å²) in [5, 5.41) is 10.2. The Morgan fingerprint density at radius 3 is 2.39 bits per heavy atom. The normalized spacial score (nSPS) is 14.3. The molecule has 31 heavy (non-hydrogen) atoms. The summed E-state index contributed by atoms with van der Waals surface area (Å²) in [6, 6.07) is 19.4. The number of nitrogens with zero attached hydrogens (tertiary/aromatic N) is 3. The van der Waals surface area contributed by atoms with Crippen molar-refractivity contribution in [2.75, 3.05) is 25.0 Å². The highest BCUT2D eigenvalue weighted by atomic mass is 16.2. The number of likely N-dealkylation sites (tertiary alicyclic amines) is 1. The van der Waals surface area contributed by atoms with Gasteiger partial charge in [0, 0.05) is 43.6 Å². The average molecular weight is 418 g/mol. The molecular formula is C24H27N5O2. The summed E-state index contributed by atoms with van der Waals surface area (Å²) in [6.07, 6.45) is 5.82. The first-order chi connectivity index (χ1) is 15.2. The third-order valence-corrected chi connectivity index (χ3v) is 5.60. The van der Waals surface area contributed by atoms with Crippen LogP contribution in [0, 0.1) is 5.92 Å². The number of carbonyl (C=O) groups is 2. The van der Waals surface area contributed by atoms with Gasteiger partial charge in [-0.2, -0.15) is 5.10 Å². The van der Waals surface area contributed by atoms with Crippen LogP contribution in [0.4, 0.5) is 10.5 Å². The van der Waals surface area contributed by atoms with Crippen molar-refractivity contribution in [3.63, 3.8) is 0 Å². The molecule has 160 valence electrons. The molecule has 0 saturated carbocycles. The number of benzene rings is 2. The first-order valence-corrected chi connectivity index (χ1v) is 10.7. The fraction of sp³-hybridized carbons (Fsp3) is 0.292. The second-order valence-corrected chi connectivity index (χ2v) is 7.72. The van der Waals surface area contributed by atoms with E-state index >= 15 is 0 Å². The summed E-state index contributed by atoms with van der Waals surface area (Å²) in [5.41, 5.74) is 2.97. The predicted molar refractivity (Wildman–Crippen MR) is 120 cm³/mol. The summed E-state index contributed by atoms with van der Waals surface area (Å²) >= 11 is 0. The van der Waals surface area contributed by atoms with Gasteiger partial charge in [0.2, 0.25) is 5.91 Å². The lowest BCUT2D eigenvalue weighted by atomic mass is 9.96. The molecular weight excluding hydrogens is 390 g/mol. The Bertz CT molecular complexity index is 979. The van der Waals surface area contributed by atoms with Gasteiger partial charge in [0.15, 0.2) is 0 Å². The lowest BCUT2D eigenvalue weighted by Gasteiger charge is -2.31. The molecule has 0 spiro atoms. The number of para-hydroxylation sites is 1. The van der Waals surface area contributed by atoms with E-state index in [1.807, 2.05) is 59.4 Å². The largest absolute Gasteiger partial charge is 0.356 e. The SMILES string of the molecule is O=C(NCCc1ccc(-n2cccn2)cc1)C1CCN(C(=O)Nc2ccccc2)CC1. The molecule has 2 N–H and O–H groups in total. The molecule has 3 amide bonds. The maximum Gasteiger partial charge on any atom is 0.321 e. The lowest BCUT2D eigenvalue weighted by molar-refractivity contribution is -0.126. The first-order valence-electron chi connectivity index (χ1n) is 10.7. The van der Waals surface area contributed by atoms with E-state index < -0.39 is 0 Å². The third-order valence-electron chi connectivity index (χ3n) is 5.60. The van der Waals surface area contributed by atoms with Crippen molar-refractivity contribution < 1.29 is 9.59 Å². The predicted octanol–water partition coefficient (Wildman–Crippen LogP) is 3.48. The molecule has 2 heterocycles. The standard InChI is InChI=1S/C24H27N5O2/c30-23(25-15-11-19-7-9-22(10-8-19)29-16-4-14-26-29)20-12-17-28(18-13-20)24(31)27-21-5-2-1-3-6-21/h1-10,14,16,20H,11-13,15,17-18H2,(H,25,30)(H,27,31). The van der Waals surface area contributed by atoms with Crippen molar-refractivity contribution in [2.24, 2.45) is 5.92 Å². The van der Waals surface area contributed by atoms with Crippen LogP contribution in [-0.2, 0) is 11.2 Å². The van der Waals surface area contributed by atoms with Crippen LogP contribution in [0.5, 0.6) is 0 Å².